The fraction of sp³-hybridized carbons (Fsp3) is 0.188. The minimum atomic E-state index is -0.500. The number of carbonyl (C=O) groups is 1. The van der Waals surface area contributed by atoms with Crippen LogP contribution < -0.4 is 16.2 Å². The molecule has 5 nitrogen and oxygen atoms in total. The van der Waals surface area contributed by atoms with Crippen molar-refractivity contribution in [3.8, 4) is 5.75 Å². The zero-order valence-corrected chi connectivity index (χ0v) is 11.8. The van der Waals surface area contributed by atoms with E-state index in [1.54, 1.807) is 12.1 Å². The molecule has 5 heteroatoms. The first-order chi connectivity index (χ1) is 10.1. The minimum absolute atomic E-state index is 0.140. The standard InChI is InChI=1S/C16H18N2O3/c1-11-9-13(15(18)14(17)10-11)16(19)21-8-7-20-12-5-3-2-4-6-12/h2-6,9-10H,7-8,17-18H2,1H3. The smallest absolute Gasteiger partial charge is 0.340 e. The van der Waals surface area contributed by atoms with Crippen molar-refractivity contribution in [3.05, 3.63) is 53.6 Å². The van der Waals surface area contributed by atoms with Crippen LogP contribution in [-0.4, -0.2) is 19.2 Å². The average molecular weight is 286 g/mol. The third kappa shape index (κ3) is 3.89. The lowest BCUT2D eigenvalue weighted by Gasteiger charge is -2.10. The van der Waals surface area contributed by atoms with Crippen LogP contribution in [0.15, 0.2) is 42.5 Å². The summed E-state index contributed by atoms with van der Waals surface area (Å²) in [5.74, 6) is 0.229. The van der Waals surface area contributed by atoms with Gasteiger partial charge in [0.15, 0.2) is 0 Å². The topological polar surface area (TPSA) is 87.6 Å². The molecule has 0 aliphatic rings. The van der Waals surface area contributed by atoms with Crippen molar-refractivity contribution in [1.29, 1.82) is 0 Å². The number of benzene rings is 2. The van der Waals surface area contributed by atoms with Gasteiger partial charge in [-0.25, -0.2) is 4.79 Å². The number of hydrogen-bond donors (Lipinski definition) is 2. The Bertz CT molecular complexity index is 627. The molecular formula is C16H18N2O3. The number of nitrogen functional groups attached to an aromatic ring is 2. The number of hydrogen-bond acceptors (Lipinski definition) is 5. The second-order valence-corrected chi connectivity index (χ2v) is 4.61. The number of esters is 1. The highest BCUT2D eigenvalue weighted by molar-refractivity contribution is 5.98. The van der Waals surface area contributed by atoms with Crippen LogP contribution in [0.3, 0.4) is 0 Å². The molecule has 0 bridgehead atoms. The van der Waals surface area contributed by atoms with Gasteiger partial charge in [-0.1, -0.05) is 18.2 Å². The fourth-order valence-electron chi connectivity index (χ4n) is 1.88. The SMILES string of the molecule is Cc1cc(N)c(N)c(C(=O)OCCOc2ccccc2)c1. The molecule has 2 rings (SSSR count). The Labute approximate surface area is 123 Å². The molecular weight excluding hydrogens is 268 g/mol. The molecule has 0 saturated carbocycles. The van der Waals surface area contributed by atoms with Crippen LogP contribution in [0, 0.1) is 6.92 Å². The van der Waals surface area contributed by atoms with Crippen LogP contribution in [0.2, 0.25) is 0 Å². The van der Waals surface area contributed by atoms with E-state index in [0.29, 0.717) is 5.69 Å². The van der Waals surface area contributed by atoms with Crippen LogP contribution in [-0.2, 0) is 4.74 Å². The van der Waals surface area contributed by atoms with Gasteiger partial charge in [0.2, 0.25) is 0 Å². The molecule has 0 saturated heterocycles. The lowest BCUT2D eigenvalue weighted by Crippen LogP contribution is -2.14. The number of nitrogens with two attached hydrogens (primary N) is 2. The molecule has 4 N–H and O–H groups in total. The van der Waals surface area contributed by atoms with Gasteiger partial charge in [-0.05, 0) is 36.8 Å². The first-order valence-corrected chi connectivity index (χ1v) is 6.58. The molecule has 0 unspecified atom stereocenters. The Hall–Kier alpha value is -2.69. The summed E-state index contributed by atoms with van der Waals surface area (Å²) < 4.78 is 10.6. The molecule has 2 aromatic carbocycles. The third-order valence-corrected chi connectivity index (χ3v) is 2.90. The summed E-state index contributed by atoms with van der Waals surface area (Å²) in [6, 6.07) is 12.7. The molecule has 0 atom stereocenters. The second-order valence-electron chi connectivity index (χ2n) is 4.61. The highest BCUT2D eigenvalue weighted by Gasteiger charge is 2.14. The van der Waals surface area contributed by atoms with E-state index in [-0.39, 0.29) is 24.5 Å². The van der Waals surface area contributed by atoms with Crippen molar-refractivity contribution in [3.63, 3.8) is 0 Å². The highest BCUT2D eigenvalue weighted by Crippen LogP contribution is 2.22. The maximum atomic E-state index is 12.0. The Morgan fingerprint density at radius 1 is 1.10 bits per heavy atom. The van der Waals surface area contributed by atoms with E-state index in [4.69, 9.17) is 20.9 Å². The summed E-state index contributed by atoms with van der Waals surface area (Å²) >= 11 is 0. The van der Waals surface area contributed by atoms with Crippen LogP contribution in [0.4, 0.5) is 11.4 Å². The maximum absolute atomic E-state index is 12.0. The Morgan fingerprint density at radius 2 is 1.81 bits per heavy atom. The van der Waals surface area contributed by atoms with Crippen molar-refractivity contribution in [2.75, 3.05) is 24.7 Å². The van der Waals surface area contributed by atoms with Gasteiger partial charge in [0.1, 0.15) is 19.0 Å². The zero-order valence-electron chi connectivity index (χ0n) is 11.8. The fourth-order valence-corrected chi connectivity index (χ4v) is 1.88. The summed E-state index contributed by atoms with van der Waals surface area (Å²) in [7, 11) is 0. The maximum Gasteiger partial charge on any atom is 0.340 e. The van der Waals surface area contributed by atoms with E-state index in [0.717, 1.165) is 11.3 Å². The van der Waals surface area contributed by atoms with Crippen LogP contribution >= 0.6 is 0 Å². The molecule has 0 radical (unpaired) electrons. The van der Waals surface area contributed by atoms with Gasteiger partial charge in [0.05, 0.1) is 16.9 Å². The Morgan fingerprint density at radius 3 is 2.52 bits per heavy atom. The first-order valence-electron chi connectivity index (χ1n) is 6.58. The predicted molar refractivity (Wildman–Crippen MR) is 82.2 cm³/mol. The van der Waals surface area contributed by atoms with E-state index < -0.39 is 5.97 Å². The summed E-state index contributed by atoms with van der Waals surface area (Å²) in [5.41, 5.74) is 13.3. The molecule has 0 heterocycles. The van der Waals surface area contributed by atoms with Crippen LogP contribution in [0.1, 0.15) is 15.9 Å². The van der Waals surface area contributed by atoms with Gasteiger partial charge in [0.25, 0.3) is 0 Å². The van der Waals surface area contributed by atoms with Crippen molar-refractivity contribution < 1.29 is 14.3 Å². The summed E-state index contributed by atoms with van der Waals surface area (Å²) in [4.78, 5) is 12.0. The first kappa shape index (κ1) is 14.7. The summed E-state index contributed by atoms with van der Waals surface area (Å²) in [5, 5.41) is 0. The molecule has 0 amide bonds. The molecule has 0 aliphatic carbocycles. The van der Waals surface area contributed by atoms with Crippen molar-refractivity contribution in [1.82, 2.24) is 0 Å². The lowest BCUT2D eigenvalue weighted by molar-refractivity contribution is 0.0451. The molecule has 2 aromatic rings. The summed E-state index contributed by atoms with van der Waals surface area (Å²) in [6.07, 6.45) is 0. The number of aryl methyl sites for hydroxylation is 1. The van der Waals surface area contributed by atoms with Gasteiger partial charge >= 0.3 is 5.97 Å². The lowest BCUT2D eigenvalue weighted by atomic mass is 10.1. The molecule has 0 aromatic heterocycles. The quantitative estimate of drug-likeness (QED) is 0.500. The van der Waals surface area contributed by atoms with Crippen molar-refractivity contribution >= 4 is 17.3 Å². The van der Waals surface area contributed by atoms with E-state index in [1.165, 1.54) is 0 Å². The molecule has 21 heavy (non-hydrogen) atoms. The van der Waals surface area contributed by atoms with Crippen LogP contribution in [0.25, 0.3) is 0 Å². The van der Waals surface area contributed by atoms with Gasteiger partial charge in [0, 0.05) is 0 Å². The van der Waals surface area contributed by atoms with Gasteiger partial charge in [-0.15, -0.1) is 0 Å². The monoisotopic (exact) mass is 286 g/mol. The predicted octanol–water partition coefficient (Wildman–Crippen LogP) is 2.40. The molecule has 110 valence electrons. The third-order valence-electron chi connectivity index (χ3n) is 2.90. The molecule has 0 fully saturated rings. The number of para-hydroxylation sites is 1. The number of rotatable bonds is 5. The highest BCUT2D eigenvalue weighted by atomic mass is 16.6. The van der Waals surface area contributed by atoms with E-state index in [1.807, 2.05) is 37.3 Å². The average Bonchev–Trinajstić information content (AvgIpc) is 2.48. The van der Waals surface area contributed by atoms with E-state index in [9.17, 15) is 4.79 Å². The van der Waals surface area contributed by atoms with Gasteiger partial charge in [-0.2, -0.15) is 0 Å². The summed E-state index contributed by atoms with van der Waals surface area (Å²) in [6.45, 7) is 2.25. The van der Waals surface area contributed by atoms with E-state index >= 15 is 0 Å². The zero-order chi connectivity index (χ0) is 15.2. The van der Waals surface area contributed by atoms with Crippen molar-refractivity contribution in [2.24, 2.45) is 0 Å². The minimum Gasteiger partial charge on any atom is -0.490 e. The number of ether oxygens (including phenoxy) is 2. The molecule has 0 aliphatic heterocycles. The largest absolute Gasteiger partial charge is 0.490 e. The molecule has 0 spiro atoms. The van der Waals surface area contributed by atoms with Crippen LogP contribution in [0.5, 0.6) is 5.75 Å². The Balaban J connectivity index is 1.88. The Kier molecular flexibility index (Phi) is 4.66. The van der Waals surface area contributed by atoms with Gasteiger partial charge in [-0.3, -0.25) is 0 Å². The van der Waals surface area contributed by atoms with Gasteiger partial charge < -0.3 is 20.9 Å². The normalized spacial score (nSPS) is 10.1. The number of anilines is 2. The van der Waals surface area contributed by atoms with E-state index in [2.05, 4.69) is 0 Å². The second kappa shape index (κ2) is 6.65. The number of carbonyl (C=O) groups excluding carboxylic acids is 1. The van der Waals surface area contributed by atoms with Crippen molar-refractivity contribution in [2.45, 2.75) is 6.92 Å².